The third-order valence-corrected chi connectivity index (χ3v) is 4.96. The number of nitrogens with one attached hydrogen (secondary N) is 2. The van der Waals surface area contributed by atoms with Crippen molar-refractivity contribution in [1.82, 2.24) is 14.5 Å². The molecule has 0 saturated carbocycles. The maximum atomic E-state index is 12.2. The summed E-state index contributed by atoms with van der Waals surface area (Å²) in [5, 5.41) is 11.6. The first-order chi connectivity index (χ1) is 13.5. The molecule has 148 valence electrons. The number of rotatable bonds is 8. The molecule has 7 nitrogen and oxygen atoms in total. The van der Waals surface area contributed by atoms with E-state index in [1.807, 2.05) is 38.2 Å². The molecule has 3 aromatic rings. The molecule has 0 amide bonds. The number of aliphatic imine (C=N–C) groups is 1. The summed E-state index contributed by atoms with van der Waals surface area (Å²) in [7, 11) is 0. The van der Waals surface area contributed by atoms with Crippen LogP contribution in [-0.4, -0.2) is 31.9 Å². The molecule has 3 N–H and O–H groups in total. The van der Waals surface area contributed by atoms with E-state index in [-0.39, 0.29) is 17.5 Å². The van der Waals surface area contributed by atoms with E-state index in [0.29, 0.717) is 13.0 Å². The van der Waals surface area contributed by atoms with Crippen LogP contribution < -0.4 is 11.2 Å². The smallest absolute Gasteiger partial charge is 0.331 e. The highest BCUT2D eigenvalue weighted by Gasteiger charge is 2.14. The third-order valence-electron chi connectivity index (χ3n) is 4.96. The van der Waals surface area contributed by atoms with Crippen molar-refractivity contribution in [2.45, 2.75) is 52.1 Å². The van der Waals surface area contributed by atoms with E-state index >= 15 is 0 Å². The second kappa shape index (κ2) is 8.73. The highest BCUT2D eigenvalue weighted by Crippen LogP contribution is 2.21. The summed E-state index contributed by atoms with van der Waals surface area (Å²) in [6, 6.07) is 8.04. The van der Waals surface area contributed by atoms with Crippen molar-refractivity contribution in [3.05, 3.63) is 62.4 Å². The fourth-order valence-electron chi connectivity index (χ4n) is 3.25. The van der Waals surface area contributed by atoms with Gasteiger partial charge in [0.25, 0.3) is 5.56 Å². The van der Waals surface area contributed by atoms with Crippen LogP contribution in [0.25, 0.3) is 10.9 Å². The van der Waals surface area contributed by atoms with Gasteiger partial charge in [-0.1, -0.05) is 38.5 Å². The van der Waals surface area contributed by atoms with E-state index in [1.54, 1.807) is 0 Å². The first-order valence-corrected chi connectivity index (χ1v) is 9.69. The molecule has 0 bridgehead atoms. The minimum Gasteiger partial charge on any atom is -0.494 e. The molecule has 2 aromatic heterocycles. The topological polar surface area (TPSA) is 103 Å². The molecule has 0 aliphatic rings. The Kier molecular flexibility index (Phi) is 6.13. The second-order valence-corrected chi connectivity index (χ2v) is 6.91. The normalized spacial score (nSPS) is 12.8. The first kappa shape index (κ1) is 19.7. The van der Waals surface area contributed by atoms with Gasteiger partial charge in [-0.25, -0.2) is 4.79 Å². The van der Waals surface area contributed by atoms with Crippen LogP contribution in [0.4, 0.5) is 0 Å². The zero-order valence-corrected chi connectivity index (χ0v) is 16.2. The molecule has 0 spiro atoms. The van der Waals surface area contributed by atoms with Gasteiger partial charge in [0.1, 0.15) is 5.56 Å². The monoisotopic (exact) mass is 382 g/mol. The zero-order valence-electron chi connectivity index (χ0n) is 16.2. The quantitative estimate of drug-likeness (QED) is 0.522. The second-order valence-electron chi connectivity index (χ2n) is 6.91. The number of fused-ring (bicyclic) bond motifs is 1. The number of aromatic nitrogens is 3. The Hall–Kier alpha value is -3.09. The van der Waals surface area contributed by atoms with Crippen molar-refractivity contribution >= 4 is 17.1 Å². The lowest BCUT2D eigenvalue weighted by Gasteiger charge is -2.11. The van der Waals surface area contributed by atoms with E-state index < -0.39 is 11.2 Å². The number of aromatic hydroxyl groups is 1. The minimum absolute atomic E-state index is 0.0214. The lowest BCUT2D eigenvalue weighted by molar-refractivity contribution is 0.394. The molecule has 2 heterocycles. The third kappa shape index (κ3) is 4.08. The molecular formula is C21H26N4O3. The minimum atomic E-state index is -0.624. The number of hydrogen-bond acceptors (Lipinski definition) is 4. The summed E-state index contributed by atoms with van der Waals surface area (Å²) in [5.41, 5.74) is 1.03. The Bertz CT molecular complexity index is 1090. The van der Waals surface area contributed by atoms with Crippen molar-refractivity contribution in [2.24, 2.45) is 4.99 Å². The molecule has 0 radical (unpaired) electrons. The molecule has 7 heteroatoms. The predicted octanol–water partition coefficient (Wildman–Crippen LogP) is 2.96. The Balaban J connectivity index is 1.87. The number of H-pyrrole nitrogens is 2. The first-order valence-electron chi connectivity index (χ1n) is 9.69. The zero-order chi connectivity index (χ0) is 20.1. The van der Waals surface area contributed by atoms with Crippen LogP contribution >= 0.6 is 0 Å². The molecule has 28 heavy (non-hydrogen) atoms. The van der Waals surface area contributed by atoms with Gasteiger partial charge in [0, 0.05) is 29.9 Å². The fraction of sp³-hybridized carbons (Fsp3) is 0.381. The molecule has 0 fully saturated rings. The summed E-state index contributed by atoms with van der Waals surface area (Å²) in [6.07, 6.45) is 6.47. The van der Waals surface area contributed by atoms with E-state index in [2.05, 4.69) is 21.0 Å². The van der Waals surface area contributed by atoms with E-state index in [9.17, 15) is 14.7 Å². The van der Waals surface area contributed by atoms with Crippen molar-refractivity contribution in [2.75, 3.05) is 0 Å². The number of aromatic amines is 2. The molecule has 0 aliphatic heterocycles. The standard InChI is InChI=1S/C21H26N4O3/c1-3-5-10-25-20(27)17(19(26)24-21(25)28)13-22-15(4-2)11-14-12-23-18-9-7-6-8-16(14)18/h6-9,12-13,15,23,27H,3-5,10-11H2,1-2H3,(H,24,26,28). The average Bonchev–Trinajstić information content (AvgIpc) is 3.09. The molecule has 0 aliphatic carbocycles. The van der Waals surface area contributed by atoms with Crippen molar-refractivity contribution in [1.29, 1.82) is 0 Å². The van der Waals surface area contributed by atoms with Crippen molar-refractivity contribution < 1.29 is 5.11 Å². The summed E-state index contributed by atoms with van der Waals surface area (Å²) in [6.45, 7) is 4.38. The lowest BCUT2D eigenvalue weighted by atomic mass is 10.0. The van der Waals surface area contributed by atoms with Crippen LogP contribution in [0, 0.1) is 0 Å². The van der Waals surface area contributed by atoms with Gasteiger partial charge in [0.15, 0.2) is 0 Å². The van der Waals surface area contributed by atoms with Crippen molar-refractivity contribution in [3.8, 4) is 5.88 Å². The van der Waals surface area contributed by atoms with Crippen LogP contribution in [0.5, 0.6) is 5.88 Å². The van der Waals surface area contributed by atoms with Gasteiger partial charge in [0.05, 0.1) is 6.04 Å². The van der Waals surface area contributed by atoms with Crippen LogP contribution in [0.15, 0.2) is 45.0 Å². The largest absolute Gasteiger partial charge is 0.494 e. The molecule has 1 aromatic carbocycles. The van der Waals surface area contributed by atoms with Gasteiger partial charge in [-0.15, -0.1) is 0 Å². The SMILES string of the molecule is CCCCn1c(O)c(C=NC(CC)Cc2c[nH]c3ccccc23)c(=O)[nH]c1=O. The molecule has 3 rings (SSSR count). The highest BCUT2D eigenvalue weighted by molar-refractivity contribution is 5.83. The summed E-state index contributed by atoms with van der Waals surface area (Å²) in [5.74, 6) is -0.326. The fourth-order valence-corrected chi connectivity index (χ4v) is 3.25. The van der Waals surface area contributed by atoms with Gasteiger partial charge in [-0.2, -0.15) is 0 Å². The number of nitrogens with zero attached hydrogens (tertiary/aromatic N) is 2. The maximum absolute atomic E-state index is 12.2. The van der Waals surface area contributed by atoms with E-state index in [1.165, 1.54) is 10.8 Å². The van der Waals surface area contributed by atoms with Crippen molar-refractivity contribution in [3.63, 3.8) is 0 Å². The molecule has 1 atom stereocenters. The van der Waals surface area contributed by atoms with Gasteiger partial charge in [-0.3, -0.25) is 19.3 Å². The number of benzene rings is 1. The Morgan fingerprint density at radius 1 is 1.25 bits per heavy atom. The molecule has 1 unspecified atom stereocenters. The summed E-state index contributed by atoms with van der Waals surface area (Å²) < 4.78 is 1.19. The molecular weight excluding hydrogens is 356 g/mol. The van der Waals surface area contributed by atoms with Crippen LogP contribution in [0.2, 0.25) is 0 Å². The van der Waals surface area contributed by atoms with Gasteiger partial charge in [0.2, 0.25) is 5.88 Å². The van der Waals surface area contributed by atoms with Crippen LogP contribution in [0.3, 0.4) is 0 Å². The summed E-state index contributed by atoms with van der Waals surface area (Å²) >= 11 is 0. The lowest BCUT2D eigenvalue weighted by Crippen LogP contribution is -2.32. The van der Waals surface area contributed by atoms with Crippen LogP contribution in [0.1, 0.15) is 44.2 Å². The number of hydrogen-bond donors (Lipinski definition) is 3. The Morgan fingerprint density at radius 3 is 2.79 bits per heavy atom. The van der Waals surface area contributed by atoms with E-state index in [4.69, 9.17) is 0 Å². The summed E-state index contributed by atoms with van der Waals surface area (Å²) in [4.78, 5) is 34.2. The maximum Gasteiger partial charge on any atom is 0.331 e. The highest BCUT2D eigenvalue weighted by atomic mass is 16.3. The predicted molar refractivity (Wildman–Crippen MR) is 112 cm³/mol. The number of para-hydroxylation sites is 1. The van der Waals surface area contributed by atoms with E-state index in [0.717, 1.165) is 35.7 Å². The number of unbranched alkanes of at least 4 members (excludes halogenated alkanes) is 1. The van der Waals surface area contributed by atoms with Gasteiger partial charge >= 0.3 is 5.69 Å². The van der Waals surface area contributed by atoms with Crippen LogP contribution in [-0.2, 0) is 13.0 Å². The van der Waals surface area contributed by atoms with Gasteiger partial charge < -0.3 is 10.1 Å². The average molecular weight is 382 g/mol. The van der Waals surface area contributed by atoms with Gasteiger partial charge in [-0.05, 0) is 30.9 Å². The molecule has 0 saturated heterocycles. The Labute approximate surface area is 162 Å². The Morgan fingerprint density at radius 2 is 2.04 bits per heavy atom.